The zero-order valence-electron chi connectivity index (χ0n) is 20.6. The van der Waals surface area contributed by atoms with Gasteiger partial charge in [0.25, 0.3) is 0 Å². The Kier molecular flexibility index (Phi) is 5.43. The molecule has 0 radical (unpaired) electrons. The van der Waals surface area contributed by atoms with Crippen LogP contribution in [0.5, 0.6) is 0 Å². The van der Waals surface area contributed by atoms with E-state index in [0.717, 1.165) is 60.1 Å². The number of hydrogen-bond donors (Lipinski definition) is 1. The Hall–Kier alpha value is -4.18. The lowest BCUT2D eigenvalue weighted by Gasteiger charge is -2.34. The highest BCUT2D eigenvalue weighted by molar-refractivity contribution is 9.10. The number of anilines is 3. The fourth-order valence-corrected chi connectivity index (χ4v) is 6.17. The lowest BCUT2D eigenvalue weighted by Crippen LogP contribution is -2.28. The van der Waals surface area contributed by atoms with Crippen molar-refractivity contribution in [2.75, 3.05) is 4.90 Å². The molecule has 0 aromatic heterocycles. The standard InChI is InChI=1S/C35H24BrNO/c36-26-19-20-31-30(23-26)29-21-24-11-7-8-12-25(24)22-33(29)35(31,38)32-17-9-10-18-34(32)37(27-13-3-1-4-14-27)28-15-5-2-6-16-28/h1-23,38H. The lowest BCUT2D eigenvalue weighted by molar-refractivity contribution is 0.131. The summed E-state index contributed by atoms with van der Waals surface area (Å²) in [5.41, 5.74) is 6.38. The Morgan fingerprint density at radius 2 is 1.05 bits per heavy atom. The molecule has 0 amide bonds. The first-order valence-corrected chi connectivity index (χ1v) is 13.5. The highest BCUT2D eigenvalue weighted by Gasteiger charge is 2.45. The molecule has 0 bridgehead atoms. The molecular formula is C35H24BrNO. The van der Waals surface area contributed by atoms with Crippen molar-refractivity contribution in [3.63, 3.8) is 0 Å². The molecule has 1 N–H and O–H groups in total. The van der Waals surface area contributed by atoms with Crippen LogP contribution in [-0.4, -0.2) is 5.11 Å². The minimum Gasteiger partial charge on any atom is -0.376 e. The first-order valence-electron chi connectivity index (χ1n) is 12.7. The summed E-state index contributed by atoms with van der Waals surface area (Å²) in [4.78, 5) is 2.23. The largest absolute Gasteiger partial charge is 0.376 e. The van der Waals surface area contributed by atoms with Gasteiger partial charge in [-0.3, -0.25) is 0 Å². The molecule has 0 spiro atoms. The maximum absolute atomic E-state index is 13.0. The van der Waals surface area contributed by atoms with Gasteiger partial charge >= 0.3 is 0 Å². The number of fused-ring (bicyclic) bond motifs is 4. The molecule has 182 valence electrons. The van der Waals surface area contributed by atoms with Crippen LogP contribution in [0.2, 0.25) is 0 Å². The van der Waals surface area contributed by atoms with E-state index in [1.807, 2.05) is 60.7 Å². The Bertz CT molecular complexity index is 1760. The Morgan fingerprint density at radius 1 is 0.500 bits per heavy atom. The third-order valence-electron chi connectivity index (χ3n) is 7.50. The predicted octanol–water partition coefficient (Wildman–Crippen LogP) is 9.34. The van der Waals surface area contributed by atoms with Crippen LogP contribution in [0.4, 0.5) is 17.1 Å². The maximum Gasteiger partial charge on any atom is 0.143 e. The highest BCUT2D eigenvalue weighted by Crippen LogP contribution is 2.55. The van der Waals surface area contributed by atoms with Gasteiger partial charge in [0.05, 0.1) is 5.69 Å². The summed E-state index contributed by atoms with van der Waals surface area (Å²) in [5, 5.41) is 15.3. The summed E-state index contributed by atoms with van der Waals surface area (Å²) < 4.78 is 0.989. The molecule has 1 atom stereocenters. The summed E-state index contributed by atoms with van der Waals surface area (Å²) >= 11 is 3.67. The second-order valence-corrected chi connectivity index (χ2v) is 10.6. The predicted molar refractivity (Wildman–Crippen MR) is 160 cm³/mol. The normalized spacial score (nSPS) is 15.7. The van der Waals surface area contributed by atoms with E-state index in [-0.39, 0.29) is 0 Å². The molecule has 0 saturated carbocycles. The minimum atomic E-state index is -1.34. The van der Waals surface area contributed by atoms with Crippen LogP contribution in [0.3, 0.4) is 0 Å². The molecule has 2 nitrogen and oxygen atoms in total. The maximum atomic E-state index is 13.0. The average molecular weight is 554 g/mol. The number of hydrogen-bond acceptors (Lipinski definition) is 2. The van der Waals surface area contributed by atoms with E-state index in [1.165, 1.54) is 0 Å². The van der Waals surface area contributed by atoms with Gasteiger partial charge in [0.1, 0.15) is 5.60 Å². The van der Waals surface area contributed by atoms with E-state index in [4.69, 9.17) is 0 Å². The highest BCUT2D eigenvalue weighted by atomic mass is 79.9. The summed E-state index contributed by atoms with van der Waals surface area (Å²) in [6.07, 6.45) is 0. The molecule has 6 aromatic carbocycles. The minimum absolute atomic E-state index is 0.838. The molecule has 1 aliphatic rings. The third-order valence-corrected chi connectivity index (χ3v) is 7.99. The molecule has 0 aliphatic heterocycles. The Balaban J connectivity index is 1.54. The van der Waals surface area contributed by atoms with Crippen molar-refractivity contribution in [1.29, 1.82) is 0 Å². The van der Waals surface area contributed by atoms with E-state index in [1.54, 1.807) is 0 Å². The van der Waals surface area contributed by atoms with Gasteiger partial charge in [-0.15, -0.1) is 0 Å². The third kappa shape index (κ3) is 3.51. The second-order valence-electron chi connectivity index (χ2n) is 9.67. The summed E-state index contributed by atoms with van der Waals surface area (Å²) in [5.74, 6) is 0. The van der Waals surface area contributed by atoms with Crippen LogP contribution in [0.15, 0.2) is 144 Å². The van der Waals surface area contributed by atoms with Gasteiger partial charge in [0.2, 0.25) is 0 Å². The van der Waals surface area contributed by atoms with E-state index in [2.05, 4.69) is 99.7 Å². The molecule has 0 fully saturated rings. The van der Waals surface area contributed by atoms with Crippen molar-refractivity contribution in [3.05, 3.63) is 161 Å². The molecule has 0 heterocycles. The van der Waals surface area contributed by atoms with E-state index >= 15 is 0 Å². The molecule has 3 heteroatoms. The lowest BCUT2D eigenvalue weighted by atomic mass is 9.82. The van der Waals surface area contributed by atoms with Crippen molar-refractivity contribution in [2.45, 2.75) is 5.60 Å². The van der Waals surface area contributed by atoms with E-state index < -0.39 is 5.60 Å². The first kappa shape index (κ1) is 23.0. The van der Waals surface area contributed by atoms with Crippen LogP contribution >= 0.6 is 15.9 Å². The zero-order chi connectivity index (χ0) is 25.7. The molecule has 7 rings (SSSR count). The fraction of sp³-hybridized carbons (Fsp3) is 0.0286. The van der Waals surface area contributed by atoms with Crippen molar-refractivity contribution < 1.29 is 5.11 Å². The summed E-state index contributed by atoms with van der Waals surface area (Å²) in [6, 6.07) is 47.8. The van der Waals surface area contributed by atoms with Crippen molar-refractivity contribution >= 4 is 43.8 Å². The number of para-hydroxylation sites is 3. The Morgan fingerprint density at radius 3 is 1.74 bits per heavy atom. The molecule has 6 aromatic rings. The number of halogens is 1. The van der Waals surface area contributed by atoms with Gasteiger partial charge in [0, 0.05) is 32.5 Å². The van der Waals surface area contributed by atoms with Crippen molar-refractivity contribution in [1.82, 2.24) is 0 Å². The van der Waals surface area contributed by atoms with Gasteiger partial charge in [-0.2, -0.15) is 0 Å². The van der Waals surface area contributed by atoms with Crippen molar-refractivity contribution in [3.8, 4) is 11.1 Å². The van der Waals surface area contributed by atoms with E-state index in [0.29, 0.717) is 0 Å². The van der Waals surface area contributed by atoms with Gasteiger partial charge in [-0.25, -0.2) is 0 Å². The van der Waals surface area contributed by atoms with Gasteiger partial charge in [-0.1, -0.05) is 101 Å². The topological polar surface area (TPSA) is 23.5 Å². The average Bonchev–Trinajstić information content (AvgIpc) is 3.21. The summed E-state index contributed by atoms with van der Waals surface area (Å²) in [6.45, 7) is 0. The summed E-state index contributed by atoms with van der Waals surface area (Å²) in [7, 11) is 0. The zero-order valence-corrected chi connectivity index (χ0v) is 22.1. The molecule has 0 saturated heterocycles. The number of nitrogens with zero attached hydrogens (tertiary/aromatic N) is 1. The van der Waals surface area contributed by atoms with Gasteiger partial charge in [0.15, 0.2) is 0 Å². The molecule has 38 heavy (non-hydrogen) atoms. The van der Waals surface area contributed by atoms with Crippen LogP contribution < -0.4 is 4.90 Å². The second kappa shape index (κ2) is 8.98. The Labute approximate surface area is 230 Å². The van der Waals surface area contributed by atoms with Gasteiger partial charge < -0.3 is 10.0 Å². The van der Waals surface area contributed by atoms with Gasteiger partial charge in [-0.05, 0) is 76.5 Å². The number of benzene rings is 6. The monoisotopic (exact) mass is 553 g/mol. The molecule has 1 unspecified atom stereocenters. The fourth-order valence-electron chi connectivity index (χ4n) is 5.81. The SMILES string of the molecule is OC1(c2ccccc2N(c2ccccc2)c2ccccc2)c2ccc(Br)cc2-c2cc3ccccc3cc21. The smallest absolute Gasteiger partial charge is 0.143 e. The quantitative estimate of drug-likeness (QED) is 0.235. The number of aliphatic hydroxyl groups is 1. The van der Waals surface area contributed by atoms with Crippen LogP contribution in [-0.2, 0) is 5.60 Å². The van der Waals surface area contributed by atoms with Crippen LogP contribution in [0.1, 0.15) is 16.7 Å². The first-order chi connectivity index (χ1) is 18.6. The van der Waals surface area contributed by atoms with Crippen LogP contribution in [0.25, 0.3) is 21.9 Å². The molecular weight excluding hydrogens is 530 g/mol. The molecule has 1 aliphatic carbocycles. The van der Waals surface area contributed by atoms with Crippen molar-refractivity contribution in [2.24, 2.45) is 0 Å². The van der Waals surface area contributed by atoms with E-state index in [9.17, 15) is 5.11 Å². The van der Waals surface area contributed by atoms with Crippen LogP contribution in [0, 0.1) is 0 Å². The number of rotatable bonds is 4.